The summed E-state index contributed by atoms with van der Waals surface area (Å²) < 4.78 is 5.59. The van der Waals surface area contributed by atoms with Gasteiger partial charge >= 0.3 is 0 Å². The molecular formula is C32H33N5O3. The number of nitrogens with zero attached hydrogens (tertiary/aromatic N) is 2. The van der Waals surface area contributed by atoms with Crippen LogP contribution in [0.5, 0.6) is 5.75 Å². The summed E-state index contributed by atoms with van der Waals surface area (Å²) in [4.78, 5) is 29.9. The second-order valence-corrected chi connectivity index (χ2v) is 9.92. The molecular weight excluding hydrogens is 502 g/mol. The van der Waals surface area contributed by atoms with Crippen molar-refractivity contribution in [3.63, 3.8) is 0 Å². The zero-order valence-electron chi connectivity index (χ0n) is 22.7. The number of piperazine rings is 1. The Morgan fingerprint density at radius 2 is 1.52 bits per heavy atom. The molecule has 0 atom stereocenters. The van der Waals surface area contributed by atoms with Gasteiger partial charge in [0.25, 0.3) is 11.8 Å². The third-order valence-corrected chi connectivity index (χ3v) is 7.29. The maximum Gasteiger partial charge on any atom is 0.255 e. The largest absolute Gasteiger partial charge is 0.495 e. The van der Waals surface area contributed by atoms with Gasteiger partial charge in [0, 0.05) is 43.0 Å². The van der Waals surface area contributed by atoms with Gasteiger partial charge in [-0.2, -0.15) is 0 Å². The molecule has 1 aliphatic heterocycles. The molecule has 2 amide bonds. The van der Waals surface area contributed by atoms with Gasteiger partial charge in [0.05, 0.1) is 24.0 Å². The minimum atomic E-state index is -0.594. The average Bonchev–Trinajstić information content (AvgIpc) is 2.98. The van der Waals surface area contributed by atoms with Gasteiger partial charge in [-0.1, -0.05) is 42.5 Å². The van der Waals surface area contributed by atoms with E-state index in [1.54, 1.807) is 25.3 Å². The van der Waals surface area contributed by atoms with E-state index in [1.165, 1.54) is 0 Å². The molecule has 8 nitrogen and oxygen atoms in total. The molecule has 0 saturated carbocycles. The predicted molar refractivity (Wildman–Crippen MR) is 161 cm³/mol. The molecule has 5 rings (SSSR count). The molecule has 4 aromatic rings. The first kappa shape index (κ1) is 26.8. The number of hydrogen-bond acceptors (Lipinski definition) is 6. The van der Waals surface area contributed by atoms with Crippen LogP contribution >= 0.6 is 0 Å². The van der Waals surface area contributed by atoms with Crippen molar-refractivity contribution in [2.24, 2.45) is 5.73 Å². The lowest BCUT2D eigenvalue weighted by Gasteiger charge is -2.34. The fraction of sp³-hybridized carbons (Fsp3) is 0.188. The number of hydrogen-bond donors (Lipinski definition) is 3. The summed E-state index contributed by atoms with van der Waals surface area (Å²) in [6.45, 7) is 3.70. The summed E-state index contributed by atoms with van der Waals surface area (Å²) in [5, 5.41) is 3.01. The van der Waals surface area contributed by atoms with Gasteiger partial charge in [-0.15, -0.1) is 0 Å². The lowest BCUT2D eigenvalue weighted by atomic mass is 9.93. The smallest absolute Gasteiger partial charge is 0.255 e. The van der Waals surface area contributed by atoms with Crippen molar-refractivity contribution >= 4 is 28.9 Å². The van der Waals surface area contributed by atoms with Gasteiger partial charge in [-0.05, 0) is 66.2 Å². The van der Waals surface area contributed by atoms with E-state index >= 15 is 0 Å². The van der Waals surface area contributed by atoms with E-state index in [-0.39, 0.29) is 11.5 Å². The van der Waals surface area contributed by atoms with Gasteiger partial charge in [0.1, 0.15) is 5.75 Å². The van der Waals surface area contributed by atoms with Crippen LogP contribution in [0.1, 0.15) is 20.7 Å². The molecule has 4 aromatic carbocycles. The first-order valence-corrected chi connectivity index (χ1v) is 13.2. The number of primary amides is 1. The van der Waals surface area contributed by atoms with Crippen molar-refractivity contribution in [3.8, 4) is 28.0 Å². The van der Waals surface area contributed by atoms with E-state index in [2.05, 4.69) is 22.2 Å². The summed E-state index contributed by atoms with van der Waals surface area (Å²) in [5.74, 6) is -0.0506. The lowest BCUT2D eigenvalue weighted by Crippen LogP contribution is -2.44. The van der Waals surface area contributed by atoms with Crippen LogP contribution in [0.25, 0.3) is 22.3 Å². The molecule has 0 spiro atoms. The van der Waals surface area contributed by atoms with Gasteiger partial charge in [-0.25, -0.2) is 0 Å². The zero-order chi connectivity index (χ0) is 28.2. The highest BCUT2D eigenvalue weighted by Crippen LogP contribution is 2.35. The van der Waals surface area contributed by atoms with Crippen LogP contribution in [-0.2, 0) is 0 Å². The zero-order valence-corrected chi connectivity index (χ0v) is 22.7. The van der Waals surface area contributed by atoms with E-state index in [1.807, 2.05) is 66.7 Å². The minimum Gasteiger partial charge on any atom is -0.495 e. The predicted octanol–water partition coefficient (Wildman–Crippen LogP) is 4.71. The maximum atomic E-state index is 13.1. The van der Waals surface area contributed by atoms with E-state index in [0.29, 0.717) is 22.5 Å². The summed E-state index contributed by atoms with van der Waals surface area (Å²) in [5.41, 5.74) is 17.9. The number of rotatable bonds is 7. The summed E-state index contributed by atoms with van der Waals surface area (Å²) in [6.07, 6.45) is 0. The van der Waals surface area contributed by atoms with Crippen LogP contribution in [0.2, 0.25) is 0 Å². The van der Waals surface area contributed by atoms with Crippen molar-refractivity contribution in [1.82, 2.24) is 4.90 Å². The SMILES string of the molecule is COc1ccc(NC(=O)c2ccc(-c3cc(-c4ccccc4)cc(C(N)=O)c3N)cc2)cc1N1CCN(C)CC1. The number of carbonyl (C=O) groups is 2. The number of nitrogens with one attached hydrogen (secondary N) is 1. The summed E-state index contributed by atoms with van der Waals surface area (Å²) in [7, 11) is 3.77. The maximum absolute atomic E-state index is 13.1. The van der Waals surface area contributed by atoms with E-state index < -0.39 is 5.91 Å². The van der Waals surface area contributed by atoms with Crippen molar-refractivity contribution in [3.05, 3.63) is 96.1 Å². The van der Waals surface area contributed by atoms with Gasteiger partial charge in [0.2, 0.25) is 0 Å². The van der Waals surface area contributed by atoms with Crippen molar-refractivity contribution in [2.45, 2.75) is 0 Å². The lowest BCUT2D eigenvalue weighted by molar-refractivity contribution is 0.0998. The Hall–Kier alpha value is -4.82. The third-order valence-electron chi connectivity index (χ3n) is 7.29. The molecule has 1 fully saturated rings. The Labute approximate surface area is 234 Å². The monoisotopic (exact) mass is 535 g/mol. The minimum absolute atomic E-state index is 0.232. The molecule has 204 valence electrons. The van der Waals surface area contributed by atoms with Crippen molar-refractivity contribution < 1.29 is 14.3 Å². The number of nitrogens with two attached hydrogens (primary N) is 2. The van der Waals surface area contributed by atoms with Crippen LogP contribution in [0, 0.1) is 0 Å². The number of likely N-dealkylation sites (N-methyl/N-ethyl adjacent to an activating group) is 1. The fourth-order valence-corrected chi connectivity index (χ4v) is 4.96. The normalized spacial score (nSPS) is 13.6. The van der Waals surface area contributed by atoms with E-state index in [9.17, 15) is 9.59 Å². The number of benzene rings is 4. The molecule has 1 aliphatic rings. The molecule has 0 radical (unpaired) electrons. The molecule has 0 aliphatic carbocycles. The van der Waals surface area contributed by atoms with Gasteiger partial charge in [0.15, 0.2) is 0 Å². The van der Waals surface area contributed by atoms with Crippen LogP contribution in [0.4, 0.5) is 17.1 Å². The quantitative estimate of drug-likeness (QED) is 0.295. The molecule has 8 heteroatoms. The number of ether oxygens (including phenoxy) is 1. The number of nitrogen functional groups attached to an aromatic ring is 1. The summed E-state index contributed by atoms with van der Waals surface area (Å²) >= 11 is 0. The Morgan fingerprint density at radius 3 is 2.17 bits per heavy atom. The Morgan fingerprint density at radius 1 is 0.825 bits per heavy atom. The van der Waals surface area contributed by atoms with Crippen LogP contribution < -0.4 is 26.4 Å². The van der Waals surface area contributed by atoms with Crippen molar-refractivity contribution in [1.29, 1.82) is 0 Å². The first-order valence-electron chi connectivity index (χ1n) is 13.2. The molecule has 1 heterocycles. The number of anilines is 3. The highest BCUT2D eigenvalue weighted by Gasteiger charge is 2.19. The average molecular weight is 536 g/mol. The van der Waals surface area contributed by atoms with Gasteiger partial charge < -0.3 is 31.3 Å². The topological polar surface area (TPSA) is 114 Å². The van der Waals surface area contributed by atoms with Crippen molar-refractivity contribution in [2.75, 3.05) is 56.3 Å². The molecule has 40 heavy (non-hydrogen) atoms. The number of methoxy groups -OCH3 is 1. The Kier molecular flexibility index (Phi) is 7.70. The molecule has 0 aromatic heterocycles. The summed E-state index contributed by atoms with van der Waals surface area (Å²) in [6, 6.07) is 26.2. The molecule has 5 N–H and O–H groups in total. The second kappa shape index (κ2) is 11.5. The van der Waals surface area contributed by atoms with E-state index in [4.69, 9.17) is 16.2 Å². The Bertz CT molecular complexity index is 1530. The van der Waals surface area contributed by atoms with Crippen LogP contribution in [0.3, 0.4) is 0 Å². The van der Waals surface area contributed by atoms with Gasteiger partial charge in [-0.3, -0.25) is 9.59 Å². The number of amides is 2. The molecule has 1 saturated heterocycles. The van der Waals surface area contributed by atoms with Crippen LogP contribution in [0.15, 0.2) is 84.9 Å². The molecule has 0 bridgehead atoms. The first-order chi connectivity index (χ1) is 19.3. The second-order valence-electron chi connectivity index (χ2n) is 9.92. The highest BCUT2D eigenvalue weighted by atomic mass is 16.5. The fourth-order valence-electron chi connectivity index (χ4n) is 4.96. The van der Waals surface area contributed by atoms with E-state index in [0.717, 1.165) is 54.3 Å². The third kappa shape index (κ3) is 5.62. The molecule has 0 unspecified atom stereocenters. The number of carbonyl (C=O) groups excluding carboxylic acids is 2. The highest BCUT2D eigenvalue weighted by molar-refractivity contribution is 6.06. The standard InChI is InChI=1S/C32H33N5O3/c1-36-14-16-37(17-15-36)28-20-25(12-13-29(28)40-2)35-32(39)23-10-8-22(9-11-23)26-18-24(21-6-4-3-5-7-21)19-27(30(26)33)31(34)38/h3-13,18-20H,14-17,33H2,1-2H3,(H2,34,38)(H,35,39). The van der Waals surface area contributed by atoms with Crippen LogP contribution in [-0.4, -0.2) is 57.1 Å². The Balaban J connectivity index is 1.39.